The molecule has 4 aromatic carbocycles. The number of rotatable bonds is 18. The molecular weight excluding hydrogens is 833 g/mol. The van der Waals surface area contributed by atoms with Crippen LogP contribution in [0.1, 0.15) is 47.2 Å². The molecular formula is C44H47F6N9O4. The van der Waals surface area contributed by atoms with Crippen LogP contribution in [0.3, 0.4) is 0 Å². The molecule has 0 fully saturated rings. The van der Waals surface area contributed by atoms with Gasteiger partial charge in [0.05, 0.1) is 54.0 Å². The van der Waals surface area contributed by atoms with E-state index in [0.29, 0.717) is 46.7 Å². The first-order chi connectivity index (χ1) is 29.8. The highest BCUT2D eigenvalue weighted by Crippen LogP contribution is 2.36. The van der Waals surface area contributed by atoms with Gasteiger partial charge in [-0.15, -0.1) is 0 Å². The van der Waals surface area contributed by atoms with E-state index in [0.717, 1.165) is 24.3 Å². The van der Waals surface area contributed by atoms with Crippen molar-refractivity contribution in [2.45, 2.75) is 37.3 Å². The smallest absolute Gasteiger partial charge is 0.416 e. The summed E-state index contributed by atoms with van der Waals surface area (Å²) in [5.74, 6) is -2.00. The predicted molar refractivity (Wildman–Crippen MR) is 226 cm³/mol. The SMILES string of the molecule is Nc1ccc([C@@H](N)C2=C(Nc3cccc(C(F)(F)F)c3)CN(CCCN(CCCN3CC(Nc4cccc(C(F)(F)F)c4)=C([C@H](N)c4ccc(N)cc4)C3=O)CC(=O)O)C2=O)cc1. The molecule has 0 saturated heterocycles. The van der Waals surface area contributed by atoms with Crippen LogP contribution in [0.25, 0.3) is 0 Å². The largest absolute Gasteiger partial charge is 0.480 e. The number of anilines is 4. The molecule has 2 atom stereocenters. The van der Waals surface area contributed by atoms with Gasteiger partial charge in [0.25, 0.3) is 11.8 Å². The van der Waals surface area contributed by atoms with Gasteiger partial charge in [-0.1, -0.05) is 36.4 Å². The number of halogens is 6. The Kier molecular flexibility index (Phi) is 14.0. The number of nitrogens with zero attached hydrogens (tertiary/aromatic N) is 3. The van der Waals surface area contributed by atoms with Crippen LogP contribution >= 0.6 is 0 Å². The Balaban J connectivity index is 1.12. The second-order valence-electron chi connectivity index (χ2n) is 15.3. The van der Waals surface area contributed by atoms with Gasteiger partial charge in [-0.3, -0.25) is 19.3 Å². The van der Waals surface area contributed by atoms with Gasteiger partial charge in [0.2, 0.25) is 0 Å². The van der Waals surface area contributed by atoms with Gasteiger partial charge in [0, 0.05) is 60.3 Å². The summed E-state index contributed by atoms with van der Waals surface area (Å²) in [4.78, 5) is 44.4. The third kappa shape index (κ3) is 11.5. The van der Waals surface area contributed by atoms with Crippen molar-refractivity contribution < 1.29 is 45.8 Å². The fraction of sp³-hybridized carbons (Fsp3) is 0.295. The Morgan fingerprint density at radius 1 is 0.651 bits per heavy atom. The van der Waals surface area contributed by atoms with Crippen molar-refractivity contribution in [1.82, 2.24) is 14.7 Å². The molecule has 0 saturated carbocycles. The number of carbonyl (C=O) groups is 3. The highest BCUT2D eigenvalue weighted by Gasteiger charge is 2.37. The predicted octanol–water partition coefficient (Wildman–Crippen LogP) is 6.17. The minimum Gasteiger partial charge on any atom is -0.480 e. The summed E-state index contributed by atoms with van der Waals surface area (Å²) in [5, 5.41) is 15.7. The molecule has 0 bridgehead atoms. The second kappa shape index (κ2) is 19.2. The van der Waals surface area contributed by atoms with E-state index in [1.165, 1.54) is 34.1 Å². The lowest BCUT2D eigenvalue weighted by Gasteiger charge is -2.24. The van der Waals surface area contributed by atoms with E-state index >= 15 is 0 Å². The fourth-order valence-electron chi connectivity index (χ4n) is 7.58. The quantitative estimate of drug-likeness (QED) is 0.0444. The van der Waals surface area contributed by atoms with E-state index in [2.05, 4.69) is 10.6 Å². The standard InChI is InChI=1S/C44H47F6N9O4/c45-43(46,47)28-5-1-7-32(21-28)55-34-23-58(41(62)37(34)39(53)26-9-13-30(51)14-10-26)19-3-17-57(25-36(60)61)18-4-20-59-24-35(56-33-8-2-6-29(22-33)44(48,49)50)38(42(59)63)40(54)27-11-15-31(52)16-12-27/h1-2,5-16,21-22,39-40,55-56H,3-4,17-20,23-25,51-54H2,(H,60,61)/t39-,40-/m1/s1. The summed E-state index contributed by atoms with van der Waals surface area (Å²) in [7, 11) is 0. The van der Waals surface area contributed by atoms with Gasteiger partial charge in [0.15, 0.2) is 0 Å². The summed E-state index contributed by atoms with van der Waals surface area (Å²) in [6.07, 6.45) is -8.59. The first-order valence-electron chi connectivity index (χ1n) is 19.9. The summed E-state index contributed by atoms with van der Waals surface area (Å²) < 4.78 is 81.2. The maximum absolute atomic E-state index is 13.9. The van der Waals surface area contributed by atoms with Gasteiger partial charge in [-0.25, -0.2) is 0 Å². The van der Waals surface area contributed by atoms with E-state index < -0.39 is 53.3 Å². The number of hydrogen-bond donors (Lipinski definition) is 7. The number of nitrogens with two attached hydrogens (primary N) is 4. The zero-order chi connectivity index (χ0) is 45.6. The van der Waals surface area contributed by atoms with Gasteiger partial charge >= 0.3 is 18.3 Å². The number of carboxylic acids is 1. The van der Waals surface area contributed by atoms with Crippen molar-refractivity contribution in [2.75, 3.05) is 67.9 Å². The molecule has 2 aliphatic heterocycles. The minimum absolute atomic E-state index is 0.00616. The first-order valence-corrected chi connectivity index (χ1v) is 19.9. The Bertz CT molecular complexity index is 2210. The molecule has 334 valence electrons. The molecule has 13 nitrogen and oxygen atoms in total. The molecule has 2 amide bonds. The molecule has 2 aliphatic rings. The molecule has 0 radical (unpaired) electrons. The number of nitrogen functional groups attached to an aromatic ring is 2. The van der Waals surface area contributed by atoms with Crippen molar-refractivity contribution in [1.29, 1.82) is 0 Å². The van der Waals surface area contributed by atoms with Gasteiger partial charge in [0.1, 0.15) is 0 Å². The number of benzene rings is 4. The molecule has 6 rings (SSSR count). The van der Waals surface area contributed by atoms with Crippen LogP contribution in [0.15, 0.2) is 120 Å². The highest BCUT2D eigenvalue weighted by atomic mass is 19.4. The van der Waals surface area contributed by atoms with Crippen LogP contribution in [0.4, 0.5) is 49.1 Å². The lowest BCUT2D eigenvalue weighted by atomic mass is 9.98. The number of carboxylic acid groups (broad SMARTS) is 1. The summed E-state index contributed by atoms with van der Waals surface area (Å²) >= 11 is 0. The van der Waals surface area contributed by atoms with Crippen LogP contribution in [0.5, 0.6) is 0 Å². The second-order valence-corrected chi connectivity index (χ2v) is 15.3. The molecule has 0 aliphatic carbocycles. The monoisotopic (exact) mass is 879 g/mol. The number of aliphatic carboxylic acids is 1. The molecule has 11 N–H and O–H groups in total. The number of alkyl halides is 6. The van der Waals surface area contributed by atoms with Crippen LogP contribution in [-0.2, 0) is 26.7 Å². The number of hydrogen-bond acceptors (Lipinski definition) is 10. The zero-order valence-corrected chi connectivity index (χ0v) is 33.8. The zero-order valence-electron chi connectivity index (χ0n) is 33.8. The third-order valence-corrected chi connectivity index (χ3v) is 10.7. The van der Waals surface area contributed by atoms with E-state index in [1.54, 1.807) is 53.4 Å². The Labute approximate surface area is 359 Å². The molecule has 0 unspecified atom stereocenters. The topological polar surface area (TPSA) is 209 Å². The number of amides is 2. The molecule has 19 heteroatoms. The van der Waals surface area contributed by atoms with Crippen molar-refractivity contribution in [3.8, 4) is 0 Å². The van der Waals surface area contributed by atoms with Crippen LogP contribution in [0.2, 0.25) is 0 Å². The average molecular weight is 880 g/mol. The van der Waals surface area contributed by atoms with E-state index in [9.17, 15) is 45.8 Å². The van der Waals surface area contributed by atoms with Gasteiger partial charge in [-0.05, 0) is 84.6 Å². The molecule has 63 heavy (non-hydrogen) atoms. The molecule has 2 heterocycles. The third-order valence-electron chi connectivity index (χ3n) is 10.7. The Hall–Kier alpha value is -6.57. The summed E-state index contributed by atoms with van der Waals surface area (Å²) in [6, 6.07) is 20.3. The van der Waals surface area contributed by atoms with Gasteiger partial charge < -0.3 is 48.5 Å². The lowest BCUT2D eigenvalue weighted by molar-refractivity contribution is -0.139. The molecule has 0 spiro atoms. The van der Waals surface area contributed by atoms with Gasteiger partial charge in [-0.2, -0.15) is 26.3 Å². The van der Waals surface area contributed by atoms with Crippen molar-refractivity contribution >= 4 is 40.5 Å². The number of nitrogens with one attached hydrogen (secondary N) is 2. The van der Waals surface area contributed by atoms with E-state index in [-0.39, 0.29) is 68.3 Å². The first kappa shape index (κ1) is 45.9. The van der Waals surface area contributed by atoms with Crippen molar-refractivity contribution in [2.24, 2.45) is 11.5 Å². The fourth-order valence-corrected chi connectivity index (χ4v) is 7.58. The van der Waals surface area contributed by atoms with Crippen LogP contribution < -0.4 is 33.6 Å². The van der Waals surface area contributed by atoms with Crippen molar-refractivity contribution in [3.05, 3.63) is 142 Å². The maximum atomic E-state index is 13.9. The highest BCUT2D eigenvalue weighted by molar-refractivity contribution is 6.00. The van der Waals surface area contributed by atoms with Crippen molar-refractivity contribution in [3.63, 3.8) is 0 Å². The van der Waals surface area contributed by atoms with E-state index in [1.807, 2.05) is 0 Å². The summed E-state index contributed by atoms with van der Waals surface area (Å²) in [5.41, 5.74) is 26.3. The lowest BCUT2D eigenvalue weighted by Crippen LogP contribution is -2.37. The van der Waals surface area contributed by atoms with Crippen LogP contribution in [0, 0.1) is 0 Å². The number of carbonyl (C=O) groups excluding carboxylic acids is 2. The Morgan fingerprint density at radius 2 is 1.03 bits per heavy atom. The summed E-state index contributed by atoms with van der Waals surface area (Å²) in [6.45, 7) is 0.352. The van der Waals surface area contributed by atoms with E-state index in [4.69, 9.17) is 22.9 Å². The average Bonchev–Trinajstić information content (AvgIpc) is 3.70. The maximum Gasteiger partial charge on any atom is 0.416 e. The van der Waals surface area contributed by atoms with Crippen LogP contribution in [-0.4, -0.2) is 83.4 Å². The minimum atomic E-state index is -4.60. The Morgan fingerprint density at radius 3 is 1.38 bits per heavy atom. The molecule has 0 aromatic heterocycles. The molecule has 4 aromatic rings. The normalized spacial score (nSPS) is 15.8.